The summed E-state index contributed by atoms with van der Waals surface area (Å²) in [6.07, 6.45) is -4.63. The van der Waals surface area contributed by atoms with Crippen LogP contribution < -0.4 is 10.5 Å². The Bertz CT molecular complexity index is 597. The number of benzene rings is 1. The van der Waals surface area contributed by atoms with Crippen molar-refractivity contribution in [2.24, 2.45) is 5.73 Å². The zero-order chi connectivity index (χ0) is 14.8. The summed E-state index contributed by atoms with van der Waals surface area (Å²) in [7, 11) is -4.14. The van der Waals surface area contributed by atoms with Gasteiger partial charge in [0, 0.05) is 0 Å². The number of nitrogens with one attached hydrogen (secondary N) is 2. The van der Waals surface area contributed by atoms with E-state index in [0.717, 1.165) is 25.1 Å². The first-order chi connectivity index (χ1) is 8.55. The SMILES string of the molecule is Cc1c(C(F)(F)F)cccc1S(=O)(=O)NCC(=N)N. The minimum absolute atomic E-state index is 0.397. The van der Waals surface area contributed by atoms with E-state index in [1.54, 1.807) is 0 Å². The summed E-state index contributed by atoms with van der Waals surface area (Å²) in [5, 5.41) is 6.90. The second-order valence-corrected chi connectivity index (χ2v) is 5.51. The Morgan fingerprint density at radius 1 is 1.42 bits per heavy atom. The fourth-order valence-electron chi connectivity index (χ4n) is 1.46. The van der Waals surface area contributed by atoms with E-state index in [4.69, 9.17) is 11.1 Å². The highest BCUT2D eigenvalue weighted by atomic mass is 32.2. The predicted octanol–water partition coefficient (Wildman–Crippen LogP) is 1.23. The van der Waals surface area contributed by atoms with E-state index in [1.807, 2.05) is 4.72 Å². The molecule has 0 atom stereocenters. The molecule has 19 heavy (non-hydrogen) atoms. The highest BCUT2D eigenvalue weighted by Gasteiger charge is 2.34. The second kappa shape index (κ2) is 5.17. The van der Waals surface area contributed by atoms with E-state index in [1.165, 1.54) is 0 Å². The van der Waals surface area contributed by atoms with Crippen molar-refractivity contribution in [1.82, 2.24) is 4.72 Å². The van der Waals surface area contributed by atoms with Crippen LogP contribution in [0.25, 0.3) is 0 Å². The zero-order valence-electron chi connectivity index (χ0n) is 9.88. The van der Waals surface area contributed by atoms with E-state index in [0.29, 0.717) is 0 Å². The number of hydrogen-bond acceptors (Lipinski definition) is 3. The van der Waals surface area contributed by atoms with Gasteiger partial charge in [0.1, 0.15) is 5.84 Å². The summed E-state index contributed by atoms with van der Waals surface area (Å²) in [5.41, 5.74) is 3.58. The van der Waals surface area contributed by atoms with Crippen molar-refractivity contribution in [3.8, 4) is 0 Å². The normalized spacial score (nSPS) is 12.4. The molecule has 0 saturated heterocycles. The van der Waals surface area contributed by atoms with Gasteiger partial charge >= 0.3 is 6.18 Å². The fraction of sp³-hybridized carbons (Fsp3) is 0.300. The minimum Gasteiger partial charge on any atom is -0.387 e. The Hall–Kier alpha value is -1.61. The van der Waals surface area contributed by atoms with Crippen molar-refractivity contribution in [3.63, 3.8) is 0 Å². The average Bonchev–Trinajstić information content (AvgIpc) is 2.25. The Morgan fingerprint density at radius 3 is 2.47 bits per heavy atom. The number of amidine groups is 1. The molecule has 0 amide bonds. The van der Waals surface area contributed by atoms with Crippen molar-refractivity contribution < 1.29 is 21.6 Å². The zero-order valence-corrected chi connectivity index (χ0v) is 10.7. The summed E-state index contributed by atoms with van der Waals surface area (Å²) >= 11 is 0. The lowest BCUT2D eigenvalue weighted by Crippen LogP contribution is -2.33. The molecule has 0 fully saturated rings. The molecule has 0 heterocycles. The van der Waals surface area contributed by atoms with E-state index in [9.17, 15) is 21.6 Å². The molecule has 0 aliphatic heterocycles. The lowest BCUT2D eigenvalue weighted by Gasteiger charge is -2.14. The average molecular weight is 295 g/mol. The lowest BCUT2D eigenvalue weighted by molar-refractivity contribution is -0.138. The first-order valence-electron chi connectivity index (χ1n) is 5.05. The maximum atomic E-state index is 12.7. The first-order valence-corrected chi connectivity index (χ1v) is 6.53. The molecule has 0 spiro atoms. The molecule has 0 aromatic heterocycles. The molecule has 1 rings (SSSR count). The largest absolute Gasteiger partial charge is 0.416 e. The van der Waals surface area contributed by atoms with E-state index < -0.39 is 44.6 Å². The highest BCUT2D eigenvalue weighted by molar-refractivity contribution is 7.89. The fourth-order valence-corrected chi connectivity index (χ4v) is 2.73. The number of sulfonamides is 1. The van der Waals surface area contributed by atoms with Gasteiger partial charge in [-0.1, -0.05) is 6.07 Å². The first kappa shape index (κ1) is 15.4. The summed E-state index contributed by atoms with van der Waals surface area (Å²) < 4.78 is 63.5. The third-order valence-electron chi connectivity index (χ3n) is 2.33. The lowest BCUT2D eigenvalue weighted by atomic mass is 10.1. The molecule has 0 bridgehead atoms. The number of hydrogen-bond donors (Lipinski definition) is 3. The van der Waals surface area contributed by atoms with Gasteiger partial charge in [0.2, 0.25) is 10.0 Å². The number of rotatable bonds is 4. The molecule has 9 heteroatoms. The topological polar surface area (TPSA) is 96.0 Å². The Morgan fingerprint density at radius 2 is 2.00 bits per heavy atom. The Balaban J connectivity index is 3.26. The van der Waals surface area contributed by atoms with Crippen molar-refractivity contribution >= 4 is 15.9 Å². The van der Waals surface area contributed by atoms with Gasteiger partial charge in [-0.25, -0.2) is 13.1 Å². The van der Waals surface area contributed by atoms with Crippen molar-refractivity contribution in [3.05, 3.63) is 29.3 Å². The summed E-state index contributed by atoms with van der Waals surface area (Å²) in [5.74, 6) is -0.437. The smallest absolute Gasteiger partial charge is 0.387 e. The molecule has 0 aliphatic rings. The van der Waals surface area contributed by atoms with Gasteiger partial charge in [-0.05, 0) is 24.6 Å². The van der Waals surface area contributed by atoms with Crippen LogP contribution in [0.5, 0.6) is 0 Å². The molecular formula is C10H12F3N3O2S. The van der Waals surface area contributed by atoms with Crippen LogP contribution in [-0.2, 0) is 16.2 Å². The molecule has 106 valence electrons. The van der Waals surface area contributed by atoms with E-state index in [-0.39, 0.29) is 0 Å². The molecule has 1 aromatic rings. The van der Waals surface area contributed by atoms with Gasteiger partial charge < -0.3 is 5.73 Å². The van der Waals surface area contributed by atoms with Crippen LogP contribution in [0.1, 0.15) is 11.1 Å². The van der Waals surface area contributed by atoms with Gasteiger partial charge in [0.05, 0.1) is 17.0 Å². The van der Waals surface area contributed by atoms with Gasteiger partial charge in [-0.2, -0.15) is 13.2 Å². The Kier molecular flexibility index (Phi) is 4.21. The third kappa shape index (κ3) is 3.67. The molecule has 0 unspecified atom stereocenters. The van der Waals surface area contributed by atoms with Crippen molar-refractivity contribution in [2.75, 3.05) is 6.54 Å². The van der Waals surface area contributed by atoms with E-state index >= 15 is 0 Å². The minimum atomic E-state index is -4.63. The van der Waals surface area contributed by atoms with Crippen LogP contribution in [0, 0.1) is 12.3 Å². The van der Waals surface area contributed by atoms with Crippen LogP contribution in [0.4, 0.5) is 13.2 Å². The van der Waals surface area contributed by atoms with Gasteiger partial charge in [0.25, 0.3) is 0 Å². The second-order valence-electron chi connectivity index (χ2n) is 3.78. The van der Waals surface area contributed by atoms with Crippen LogP contribution in [-0.4, -0.2) is 20.8 Å². The number of halogens is 3. The predicted molar refractivity (Wildman–Crippen MR) is 63.3 cm³/mol. The maximum Gasteiger partial charge on any atom is 0.416 e. The quantitative estimate of drug-likeness (QED) is 0.575. The van der Waals surface area contributed by atoms with Crippen LogP contribution in [0.3, 0.4) is 0 Å². The Labute approximate surface area is 108 Å². The van der Waals surface area contributed by atoms with E-state index in [2.05, 4.69) is 0 Å². The van der Waals surface area contributed by atoms with Crippen LogP contribution in [0.15, 0.2) is 23.1 Å². The third-order valence-corrected chi connectivity index (χ3v) is 3.88. The summed E-state index contributed by atoms with van der Waals surface area (Å²) in [4.78, 5) is -0.483. The highest BCUT2D eigenvalue weighted by Crippen LogP contribution is 2.33. The molecule has 0 aliphatic carbocycles. The monoisotopic (exact) mass is 295 g/mol. The molecule has 4 N–H and O–H groups in total. The van der Waals surface area contributed by atoms with Gasteiger partial charge in [-0.3, -0.25) is 5.41 Å². The maximum absolute atomic E-state index is 12.7. The molecule has 0 radical (unpaired) electrons. The van der Waals surface area contributed by atoms with Crippen LogP contribution >= 0.6 is 0 Å². The van der Waals surface area contributed by atoms with Gasteiger partial charge in [-0.15, -0.1) is 0 Å². The van der Waals surface area contributed by atoms with Gasteiger partial charge in [0.15, 0.2) is 0 Å². The van der Waals surface area contributed by atoms with Crippen molar-refractivity contribution in [2.45, 2.75) is 18.0 Å². The number of alkyl halides is 3. The summed E-state index contributed by atoms with van der Waals surface area (Å²) in [6.45, 7) is 0.614. The molecular weight excluding hydrogens is 283 g/mol. The van der Waals surface area contributed by atoms with Crippen LogP contribution in [0.2, 0.25) is 0 Å². The standard InChI is InChI=1S/C10H12F3N3O2S/c1-6-7(10(11,12)13)3-2-4-8(6)19(17,18)16-5-9(14)15/h2-4,16H,5H2,1H3,(H3,14,15). The molecule has 1 aromatic carbocycles. The molecule has 5 nitrogen and oxygen atoms in total. The number of nitrogens with two attached hydrogens (primary N) is 1. The summed E-state index contributed by atoms with van der Waals surface area (Å²) in [6, 6.07) is 2.88. The molecule has 0 saturated carbocycles. The van der Waals surface area contributed by atoms with Crippen molar-refractivity contribution in [1.29, 1.82) is 5.41 Å².